The lowest BCUT2D eigenvalue weighted by molar-refractivity contribution is -0.135. The molecule has 14 heteroatoms. The summed E-state index contributed by atoms with van der Waals surface area (Å²) in [5, 5.41) is 7.95. The van der Waals surface area contributed by atoms with Crippen LogP contribution in [0.25, 0.3) is 33.1 Å². The van der Waals surface area contributed by atoms with Gasteiger partial charge in [-0.2, -0.15) is 5.10 Å². The first kappa shape index (κ1) is 35.6. The van der Waals surface area contributed by atoms with Gasteiger partial charge < -0.3 is 14.4 Å². The Morgan fingerprint density at radius 2 is 1.64 bits per heavy atom. The van der Waals surface area contributed by atoms with E-state index in [0.29, 0.717) is 34.3 Å². The summed E-state index contributed by atoms with van der Waals surface area (Å²) in [6, 6.07) is 16.4. The summed E-state index contributed by atoms with van der Waals surface area (Å²) in [7, 11) is 3.45. The number of benzene rings is 3. The zero-order valence-electron chi connectivity index (χ0n) is 31.5. The number of nitrogens with one attached hydrogen (secondary N) is 1. The molecule has 56 heavy (non-hydrogen) atoms. The summed E-state index contributed by atoms with van der Waals surface area (Å²) < 4.78 is 36.4. The quantitative estimate of drug-likeness (QED) is 0.201. The largest absolute Gasteiger partial charge is 0.371 e. The van der Waals surface area contributed by atoms with E-state index < -0.39 is 18.4 Å². The SMILES string of the molecule is Cc1cc2c(N3CCCc4cc(-c5cnn(C6CCN(c7ccc8c(c7)n(C)c(=O)n8C7CCC(=O)NC7=O)CC6)c5)c(C(F)F)cc43)cccc2n(C)c1=O. The highest BCUT2D eigenvalue weighted by molar-refractivity contribution is 6.00. The van der Waals surface area contributed by atoms with Crippen LogP contribution in [0, 0.1) is 6.92 Å². The number of aromatic nitrogens is 5. The smallest absolute Gasteiger partial charge is 0.329 e. The van der Waals surface area contributed by atoms with Crippen molar-refractivity contribution in [2.75, 3.05) is 29.4 Å². The Morgan fingerprint density at radius 3 is 2.41 bits per heavy atom. The van der Waals surface area contributed by atoms with Crippen LogP contribution in [-0.4, -0.2) is 54.9 Å². The molecule has 1 atom stereocenters. The molecule has 12 nitrogen and oxygen atoms in total. The number of nitrogens with zero attached hydrogens (tertiary/aromatic N) is 7. The number of carbonyl (C=O) groups excluding carboxylic acids is 2. The number of fused-ring (bicyclic) bond motifs is 3. The van der Waals surface area contributed by atoms with Crippen LogP contribution in [0.15, 0.2) is 76.6 Å². The number of amides is 2. The Balaban J connectivity index is 0.956. The molecule has 6 aromatic rings. The van der Waals surface area contributed by atoms with Crippen molar-refractivity contribution in [2.24, 2.45) is 14.1 Å². The van der Waals surface area contributed by atoms with Gasteiger partial charge in [-0.15, -0.1) is 0 Å². The molecule has 3 aliphatic heterocycles. The highest BCUT2D eigenvalue weighted by Gasteiger charge is 2.32. The molecule has 288 valence electrons. The number of pyridine rings is 1. The van der Waals surface area contributed by atoms with Gasteiger partial charge in [-0.05, 0) is 98.7 Å². The van der Waals surface area contributed by atoms with Crippen LogP contribution in [0.5, 0.6) is 0 Å². The molecular formula is C42H42F2N8O4. The van der Waals surface area contributed by atoms with E-state index >= 15 is 0 Å². The number of piperidine rings is 2. The van der Waals surface area contributed by atoms with E-state index in [1.54, 1.807) is 42.4 Å². The third kappa shape index (κ3) is 5.80. The van der Waals surface area contributed by atoms with Crippen LogP contribution in [-0.2, 0) is 30.1 Å². The second-order valence-corrected chi connectivity index (χ2v) is 15.3. The predicted octanol–water partition coefficient (Wildman–Crippen LogP) is 6.20. The molecule has 0 radical (unpaired) electrons. The van der Waals surface area contributed by atoms with Crippen molar-refractivity contribution in [1.29, 1.82) is 0 Å². The molecular weight excluding hydrogens is 719 g/mol. The average Bonchev–Trinajstić information content (AvgIpc) is 3.79. The molecule has 1 unspecified atom stereocenters. The van der Waals surface area contributed by atoms with Gasteiger partial charge in [-0.25, -0.2) is 13.6 Å². The molecule has 0 bridgehead atoms. The zero-order valence-corrected chi connectivity index (χ0v) is 31.5. The summed E-state index contributed by atoms with van der Waals surface area (Å²) in [4.78, 5) is 54.7. The number of hydrogen-bond acceptors (Lipinski definition) is 7. The van der Waals surface area contributed by atoms with Gasteiger partial charge in [0.15, 0.2) is 0 Å². The van der Waals surface area contributed by atoms with Gasteiger partial charge in [0.05, 0.1) is 34.5 Å². The number of aryl methyl sites for hydroxylation is 4. The number of halogens is 2. The van der Waals surface area contributed by atoms with Gasteiger partial charge in [0, 0.05) is 79.8 Å². The van der Waals surface area contributed by atoms with E-state index in [2.05, 4.69) is 20.2 Å². The van der Waals surface area contributed by atoms with Gasteiger partial charge in [0.2, 0.25) is 11.8 Å². The molecule has 2 saturated heterocycles. The van der Waals surface area contributed by atoms with Gasteiger partial charge in [-0.3, -0.25) is 33.5 Å². The molecule has 0 aliphatic carbocycles. The number of anilines is 3. The maximum atomic E-state index is 14.9. The van der Waals surface area contributed by atoms with E-state index in [1.807, 2.05) is 59.4 Å². The van der Waals surface area contributed by atoms with E-state index in [4.69, 9.17) is 0 Å². The Morgan fingerprint density at radius 1 is 0.839 bits per heavy atom. The maximum Gasteiger partial charge on any atom is 0.329 e. The highest BCUT2D eigenvalue weighted by Crippen LogP contribution is 2.43. The second-order valence-electron chi connectivity index (χ2n) is 15.3. The fourth-order valence-corrected chi connectivity index (χ4v) is 9.04. The summed E-state index contributed by atoms with van der Waals surface area (Å²) in [5.74, 6) is -0.792. The third-order valence-electron chi connectivity index (χ3n) is 12.0. The number of rotatable bonds is 6. The number of alkyl halides is 2. The Hall–Kier alpha value is -6.05. The van der Waals surface area contributed by atoms with Crippen LogP contribution in [0.4, 0.5) is 25.8 Å². The molecule has 2 amide bonds. The molecule has 2 fully saturated rings. The van der Waals surface area contributed by atoms with Crippen LogP contribution < -0.4 is 26.4 Å². The van der Waals surface area contributed by atoms with Crippen molar-refractivity contribution in [3.05, 3.63) is 105 Å². The lowest BCUT2D eigenvalue weighted by Crippen LogP contribution is -2.44. The molecule has 9 rings (SSSR count). The average molecular weight is 761 g/mol. The fraction of sp³-hybridized carbons (Fsp3) is 0.357. The van der Waals surface area contributed by atoms with Crippen molar-refractivity contribution in [3.63, 3.8) is 0 Å². The molecule has 1 N–H and O–H groups in total. The van der Waals surface area contributed by atoms with E-state index in [0.717, 1.165) is 72.3 Å². The summed E-state index contributed by atoms with van der Waals surface area (Å²) in [6.07, 6.45) is 4.53. The highest BCUT2D eigenvalue weighted by atomic mass is 19.3. The first-order valence-corrected chi connectivity index (χ1v) is 19.1. The maximum absolute atomic E-state index is 14.9. The Kier molecular flexibility index (Phi) is 8.66. The lowest BCUT2D eigenvalue weighted by atomic mass is 9.92. The van der Waals surface area contributed by atoms with Crippen molar-refractivity contribution in [1.82, 2.24) is 28.8 Å². The Bertz CT molecular complexity index is 2700. The monoisotopic (exact) mass is 760 g/mol. The molecule has 6 heterocycles. The molecule has 3 aliphatic rings. The van der Waals surface area contributed by atoms with Gasteiger partial charge in [0.1, 0.15) is 6.04 Å². The minimum absolute atomic E-state index is 0.0370. The minimum atomic E-state index is -2.70. The molecule has 3 aromatic carbocycles. The molecule has 0 saturated carbocycles. The van der Waals surface area contributed by atoms with Crippen LogP contribution in [0.3, 0.4) is 0 Å². The van der Waals surface area contributed by atoms with Crippen LogP contribution in [0.2, 0.25) is 0 Å². The van der Waals surface area contributed by atoms with Crippen molar-refractivity contribution < 1.29 is 18.4 Å². The fourth-order valence-electron chi connectivity index (χ4n) is 9.04. The van der Waals surface area contributed by atoms with Crippen molar-refractivity contribution >= 4 is 50.8 Å². The number of imide groups is 1. The first-order valence-electron chi connectivity index (χ1n) is 19.1. The first-order chi connectivity index (χ1) is 27.0. The standard InChI is InChI=1S/C42H42F2N8O4/c1-24-18-31-32(47(2)41(24)55)7-4-8-33(31)50-15-5-6-25-19-29(30(39(43)44)21-36(25)50)26-22-45-51(23-26)27-13-16-49(17-14-27)28-9-10-34-37(20-28)48(3)42(56)52(34)35-11-12-38(53)46-40(35)54/h4,7-10,18-23,27,35,39H,5-6,11-17H2,1-3H3,(H,46,53,54). The van der Waals surface area contributed by atoms with Crippen LogP contribution in [0.1, 0.15) is 67.3 Å². The van der Waals surface area contributed by atoms with Gasteiger partial charge >= 0.3 is 5.69 Å². The Labute approximate surface area is 320 Å². The summed E-state index contributed by atoms with van der Waals surface area (Å²) >= 11 is 0. The number of imidazole rings is 1. The van der Waals surface area contributed by atoms with Crippen LogP contribution >= 0.6 is 0 Å². The van der Waals surface area contributed by atoms with Crippen molar-refractivity contribution in [3.8, 4) is 11.1 Å². The summed E-state index contributed by atoms with van der Waals surface area (Å²) in [5.41, 5.74) is 7.13. The topological polar surface area (TPSA) is 119 Å². The van der Waals surface area contributed by atoms with E-state index in [-0.39, 0.29) is 41.6 Å². The third-order valence-corrected chi connectivity index (χ3v) is 12.0. The predicted molar refractivity (Wildman–Crippen MR) is 211 cm³/mol. The van der Waals surface area contributed by atoms with E-state index in [1.165, 1.54) is 4.57 Å². The number of hydrogen-bond donors (Lipinski definition) is 1. The molecule has 0 spiro atoms. The minimum Gasteiger partial charge on any atom is -0.371 e. The van der Waals surface area contributed by atoms with Gasteiger partial charge in [0.25, 0.3) is 12.0 Å². The lowest BCUT2D eigenvalue weighted by Gasteiger charge is -2.34. The second kappa shape index (κ2) is 13.6. The van der Waals surface area contributed by atoms with Crippen molar-refractivity contribution in [2.45, 2.75) is 64.0 Å². The molecule has 3 aromatic heterocycles. The summed E-state index contributed by atoms with van der Waals surface area (Å²) in [6.45, 7) is 3.93. The van der Waals surface area contributed by atoms with Gasteiger partial charge in [-0.1, -0.05) is 6.07 Å². The zero-order chi connectivity index (χ0) is 39.0. The van der Waals surface area contributed by atoms with E-state index in [9.17, 15) is 28.0 Å². The number of carbonyl (C=O) groups is 2. The normalized spacial score (nSPS) is 18.0.